The van der Waals surface area contributed by atoms with Crippen molar-refractivity contribution in [3.8, 4) is 5.75 Å². The summed E-state index contributed by atoms with van der Waals surface area (Å²) in [5, 5.41) is 12.9. The van der Waals surface area contributed by atoms with Gasteiger partial charge in [-0.25, -0.2) is 4.39 Å². The second-order valence-corrected chi connectivity index (χ2v) is 8.44. The highest BCUT2D eigenvalue weighted by Crippen LogP contribution is 2.34. The molecule has 1 aliphatic heterocycles. The number of benzene rings is 2. The molecule has 196 valence electrons. The number of aliphatic hydroxyl groups excluding tert-OH is 1. The average molecular weight is 513 g/mol. The third-order valence-corrected chi connectivity index (χ3v) is 5.75. The zero-order valence-electron chi connectivity index (χ0n) is 19.7. The van der Waals surface area contributed by atoms with Crippen LogP contribution in [0.4, 0.5) is 28.9 Å². The third kappa shape index (κ3) is 7.64. The summed E-state index contributed by atoms with van der Waals surface area (Å²) in [6, 6.07) is 8.82. The number of halogens is 4. The van der Waals surface area contributed by atoms with E-state index < -0.39 is 29.6 Å². The van der Waals surface area contributed by atoms with Gasteiger partial charge < -0.3 is 20.1 Å². The van der Waals surface area contributed by atoms with Gasteiger partial charge >= 0.3 is 6.18 Å². The van der Waals surface area contributed by atoms with Gasteiger partial charge in [0.2, 0.25) is 12.3 Å². The molecule has 1 fully saturated rings. The number of nitrogens with one attached hydrogen (secondary N) is 1. The minimum Gasteiger partial charge on any atom is -0.497 e. The Morgan fingerprint density at radius 3 is 2.44 bits per heavy atom. The van der Waals surface area contributed by atoms with Crippen molar-refractivity contribution in [2.24, 2.45) is 0 Å². The molecule has 0 aliphatic carbocycles. The second-order valence-electron chi connectivity index (χ2n) is 8.44. The Kier molecular flexibility index (Phi) is 9.24. The van der Waals surface area contributed by atoms with Crippen molar-refractivity contribution < 1.29 is 37.0 Å². The monoisotopic (exact) mass is 512 g/mol. The van der Waals surface area contributed by atoms with Crippen LogP contribution >= 0.6 is 0 Å². The standard InChI is InChI=1S/C24H28F4N4O4/c1-36-20-11-17(24(26,27)28)10-18(12-20)29-23(35)15-31-8-6-30(7-9-31)13-19(34)14-32(16-33)22-5-3-2-4-21(22)25/h2-5,10-12,16,19,34H,6-9,13-15H2,1H3,(H,29,35). The van der Waals surface area contributed by atoms with E-state index in [9.17, 15) is 32.3 Å². The number of aliphatic hydroxyl groups is 1. The molecule has 3 rings (SSSR count). The molecule has 2 amide bonds. The van der Waals surface area contributed by atoms with Crippen LogP contribution in [0.5, 0.6) is 5.75 Å². The summed E-state index contributed by atoms with van der Waals surface area (Å²) in [6.45, 7) is 2.22. The highest BCUT2D eigenvalue weighted by molar-refractivity contribution is 5.92. The molecule has 1 atom stereocenters. The summed E-state index contributed by atoms with van der Waals surface area (Å²) >= 11 is 0. The number of methoxy groups -OCH3 is 1. The number of hydrogen-bond acceptors (Lipinski definition) is 6. The van der Waals surface area contributed by atoms with Crippen molar-refractivity contribution in [3.05, 3.63) is 53.8 Å². The zero-order chi connectivity index (χ0) is 26.3. The second kappa shape index (κ2) is 12.2. The number of nitrogens with zero attached hydrogens (tertiary/aromatic N) is 3. The molecule has 0 aromatic heterocycles. The van der Waals surface area contributed by atoms with Crippen molar-refractivity contribution in [2.45, 2.75) is 12.3 Å². The molecular weight excluding hydrogens is 484 g/mol. The highest BCUT2D eigenvalue weighted by atomic mass is 19.4. The lowest BCUT2D eigenvalue weighted by atomic mass is 10.1. The Morgan fingerprint density at radius 1 is 1.17 bits per heavy atom. The van der Waals surface area contributed by atoms with Crippen LogP contribution in [-0.4, -0.2) is 86.3 Å². The van der Waals surface area contributed by atoms with Crippen LogP contribution in [-0.2, 0) is 15.8 Å². The minimum atomic E-state index is -4.58. The molecule has 1 aliphatic rings. The summed E-state index contributed by atoms with van der Waals surface area (Å²) in [4.78, 5) is 28.7. The van der Waals surface area contributed by atoms with E-state index in [4.69, 9.17) is 4.74 Å². The molecule has 1 saturated heterocycles. The molecule has 2 N–H and O–H groups in total. The topological polar surface area (TPSA) is 85.3 Å². The van der Waals surface area contributed by atoms with Crippen molar-refractivity contribution in [2.75, 3.05) is 63.1 Å². The third-order valence-electron chi connectivity index (χ3n) is 5.75. The van der Waals surface area contributed by atoms with E-state index in [1.807, 2.05) is 9.80 Å². The van der Waals surface area contributed by atoms with Gasteiger partial charge in [-0.2, -0.15) is 13.2 Å². The number of rotatable bonds is 10. The molecular formula is C24H28F4N4O4. The Morgan fingerprint density at radius 2 is 1.83 bits per heavy atom. The molecule has 1 heterocycles. The first-order chi connectivity index (χ1) is 17.1. The first kappa shape index (κ1) is 27.4. The fourth-order valence-corrected chi connectivity index (χ4v) is 3.95. The number of amides is 2. The van der Waals surface area contributed by atoms with Crippen LogP contribution in [0.2, 0.25) is 0 Å². The van der Waals surface area contributed by atoms with Gasteiger partial charge in [0.15, 0.2) is 0 Å². The lowest BCUT2D eigenvalue weighted by Gasteiger charge is -2.35. The maximum absolute atomic E-state index is 13.9. The van der Waals surface area contributed by atoms with Crippen LogP contribution in [0.1, 0.15) is 5.56 Å². The van der Waals surface area contributed by atoms with Crippen molar-refractivity contribution >= 4 is 23.7 Å². The summed E-state index contributed by atoms with van der Waals surface area (Å²) in [6.07, 6.45) is -5.02. The highest BCUT2D eigenvalue weighted by Gasteiger charge is 2.31. The molecule has 0 bridgehead atoms. The van der Waals surface area contributed by atoms with Gasteiger partial charge in [-0.05, 0) is 24.3 Å². The molecule has 2 aromatic rings. The predicted octanol–water partition coefficient (Wildman–Crippen LogP) is 2.43. The number of anilines is 2. The van der Waals surface area contributed by atoms with E-state index in [-0.39, 0.29) is 36.8 Å². The first-order valence-corrected chi connectivity index (χ1v) is 11.2. The smallest absolute Gasteiger partial charge is 0.416 e. The van der Waals surface area contributed by atoms with E-state index in [0.717, 1.165) is 17.0 Å². The molecule has 2 aromatic carbocycles. The number of ether oxygens (including phenoxy) is 1. The lowest BCUT2D eigenvalue weighted by Crippen LogP contribution is -2.51. The largest absolute Gasteiger partial charge is 0.497 e. The van der Waals surface area contributed by atoms with Crippen LogP contribution in [0, 0.1) is 5.82 Å². The maximum Gasteiger partial charge on any atom is 0.416 e. The summed E-state index contributed by atoms with van der Waals surface area (Å²) in [5.41, 5.74) is -0.851. The van der Waals surface area contributed by atoms with E-state index in [2.05, 4.69) is 5.32 Å². The van der Waals surface area contributed by atoms with E-state index in [0.29, 0.717) is 32.6 Å². The number of carbonyl (C=O) groups is 2. The number of piperazine rings is 1. The minimum absolute atomic E-state index is 0.0111. The maximum atomic E-state index is 13.9. The Bertz CT molecular complexity index is 1050. The fourth-order valence-electron chi connectivity index (χ4n) is 3.95. The number of carbonyl (C=O) groups excluding carboxylic acids is 2. The first-order valence-electron chi connectivity index (χ1n) is 11.2. The fraction of sp³-hybridized carbons (Fsp3) is 0.417. The SMILES string of the molecule is COc1cc(NC(=O)CN2CCN(CC(O)CN(C=O)c3ccccc3F)CC2)cc(C(F)(F)F)c1. The number of alkyl halides is 3. The molecule has 12 heteroatoms. The van der Waals surface area contributed by atoms with Crippen LogP contribution in [0.25, 0.3) is 0 Å². The molecule has 0 spiro atoms. The molecule has 36 heavy (non-hydrogen) atoms. The quantitative estimate of drug-likeness (QED) is 0.376. The van der Waals surface area contributed by atoms with Gasteiger partial charge in [-0.1, -0.05) is 12.1 Å². The molecule has 8 nitrogen and oxygen atoms in total. The Hall–Kier alpha value is -3.22. The van der Waals surface area contributed by atoms with Gasteiger partial charge in [0.1, 0.15) is 11.6 Å². The normalized spacial score (nSPS) is 15.8. The molecule has 0 saturated carbocycles. The van der Waals surface area contributed by atoms with Gasteiger partial charge in [-0.3, -0.25) is 19.4 Å². The van der Waals surface area contributed by atoms with E-state index >= 15 is 0 Å². The van der Waals surface area contributed by atoms with Gasteiger partial charge in [0.25, 0.3) is 0 Å². The average Bonchev–Trinajstić information content (AvgIpc) is 2.83. The van der Waals surface area contributed by atoms with E-state index in [1.54, 1.807) is 6.07 Å². The number of hydrogen-bond donors (Lipinski definition) is 2. The Balaban J connectivity index is 1.47. The van der Waals surface area contributed by atoms with Crippen molar-refractivity contribution in [1.82, 2.24) is 9.80 Å². The lowest BCUT2D eigenvalue weighted by molar-refractivity contribution is -0.137. The van der Waals surface area contributed by atoms with Crippen molar-refractivity contribution in [3.63, 3.8) is 0 Å². The number of β-amino-alcohol motifs (C(OH)–C–C–N with tert-alkyl or cyclic N) is 1. The predicted molar refractivity (Wildman–Crippen MR) is 125 cm³/mol. The summed E-state index contributed by atoms with van der Waals surface area (Å²) in [7, 11) is 1.24. The Labute approximate surface area is 206 Å². The molecule has 1 unspecified atom stereocenters. The van der Waals surface area contributed by atoms with Crippen molar-refractivity contribution in [1.29, 1.82) is 0 Å². The van der Waals surface area contributed by atoms with E-state index in [1.165, 1.54) is 31.4 Å². The summed E-state index contributed by atoms with van der Waals surface area (Å²) in [5.74, 6) is -1.04. The summed E-state index contributed by atoms with van der Waals surface area (Å²) < 4.78 is 58.1. The van der Waals surface area contributed by atoms with Gasteiger partial charge in [0, 0.05) is 44.5 Å². The number of para-hydroxylation sites is 1. The van der Waals surface area contributed by atoms with Gasteiger partial charge in [0.05, 0.1) is 37.6 Å². The van der Waals surface area contributed by atoms with Gasteiger partial charge in [-0.15, -0.1) is 0 Å². The van der Waals surface area contributed by atoms with Crippen LogP contribution in [0.3, 0.4) is 0 Å². The molecule has 0 radical (unpaired) electrons. The van der Waals surface area contributed by atoms with Crippen LogP contribution in [0.15, 0.2) is 42.5 Å². The zero-order valence-corrected chi connectivity index (χ0v) is 19.7. The van der Waals surface area contributed by atoms with Crippen LogP contribution < -0.4 is 15.0 Å².